The average molecular weight is 474 g/mol. The molecule has 1 heterocycles. The van der Waals surface area contributed by atoms with Gasteiger partial charge in [-0.25, -0.2) is 0 Å². The summed E-state index contributed by atoms with van der Waals surface area (Å²) in [6.07, 6.45) is -0.912. The van der Waals surface area contributed by atoms with Crippen molar-refractivity contribution >= 4 is 15.9 Å². The van der Waals surface area contributed by atoms with Crippen LogP contribution >= 0.6 is 15.9 Å². The zero-order valence-corrected chi connectivity index (χ0v) is 17.2. The number of nitrogens with zero attached hydrogens (tertiary/aromatic N) is 1. The first-order chi connectivity index (χ1) is 13.7. The third-order valence-corrected chi connectivity index (χ3v) is 6.13. The van der Waals surface area contributed by atoms with E-state index in [2.05, 4.69) is 15.9 Å². The van der Waals surface area contributed by atoms with Crippen molar-refractivity contribution in [2.45, 2.75) is 37.6 Å². The summed E-state index contributed by atoms with van der Waals surface area (Å²) in [5, 5.41) is 21.8. The fourth-order valence-corrected chi connectivity index (χ4v) is 4.91. The predicted molar refractivity (Wildman–Crippen MR) is 102 cm³/mol. The second kappa shape index (κ2) is 6.78. The Labute approximate surface area is 173 Å². The van der Waals surface area contributed by atoms with Crippen LogP contribution < -0.4 is 0 Å². The highest BCUT2D eigenvalue weighted by Gasteiger charge is 2.60. The summed E-state index contributed by atoms with van der Waals surface area (Å²) in [7, 11) is 0. The monoisotopic (exact) mass is 473 g/mol. The molecule has 0 spiro atoms. The number of aromatic nitrogens is 1. The Kier molecular flexibility index (Phi) is 4.75. The average Bonchev–Trinajstić information content (AvgIpc) is 3.21. The van der Waals surface area contributed by atoms with Crippen molar-refractivity contribution in [3.05, 3.63) is 51.5 Å². The lowest BCUT2D eigenvalue weighted by molar-refractivity contribution is -0.237. The molecule has 0 fully saturated rings. The lowest BCUT2D eigenvalue weighted by Gasteiger charge is -2.34. The molecule has 0 saturated carbocycles. The molecule has 9 heteroatoms. The normalized spacial score (nSPS) is 21.7. The van der Waals surface area contributed by atoms with Crippen molar-refractivity contribution < 1.29 is 32.9 Å². The van der Waals surface area contributed by atoms with Crippen molar-refractivity contribution in [1.82, 2.24) is 4.57 Å². The Hall–Kier alpha value is -1.97. The topological polar surface area (TPSA) is 63.8 Å². The molecule has 1 aromatic carbocycles. The van der Waals surface area contributed by atoms with Gasteiger partial charge in [-0.1, -0.05) is 28.1 Å². The van der Waals surface area contributed by atoms with Gasteiger partial charge in [0.1, 0.15) is 0 Å². The Bertz CT molecular complexity index is 953. The van der Waals surface area contributed by atoms with Crippen molar-refractivity contribution in [3.63, 3.8) is 0 Å². The van der Waals surface area contributed by atoms with E-state index in [0.717, 1.165) is 10.6 Å². The number of ether oxygens (including phenoxy) is 2. The SMILES string of the molecule is CCOC1(OCC)[C@@H]2C=C[C@H]1c1c2c(O)n(-c2ccc(Br)c(C(F)(F)F)c2)c1O. The van der Waals surface area contributed by atoms with E-state index in [1.807, 2.05) is 26.0 Å². The quantitative estimate of drug-likeness (QED) is 0.463. The molecule has 2 aromatic rings. The van der Waals surface area contributed by atoms with Crippen LogP contribution in [-0.4, -0.2) is 33.8 Å². The van der Waals surface area contributed by atoms with Gasteiger partial charge in [0.25, 0.3) is 0 Å². The first-order valence-electron chi connectivity index (χ1n) is 9.17. The summed E-state index contributed by atoms with van der Waals surface area (Å²) in [6.45, 7) is 4.37. The Morgan fingerprint density at radius 2 is 1.55 bits per heavy atom. The van der Waals surface area contributed by atoms with E-state index in [9.17, 15) is 23.4 Å². The zero-order valence-electron chi connectivity index (χ0n) is 15.6. The second-order valence-electron chi connectivity index (χ2n) is 6.90. The van der Waals surface area contributed by atoms with Gasteiger partial charge < -0.3 is 19.7 Å². The molecule has 2 atom stereocenters. The molecule has 0 saturated heterocycles. The molecular weight excluding hydrogens is 455 g/mol. The molecule has 2 aliphatic carbocycles. The number of benzene rings is 1. The van der Waals surface area contributed by atoms with E-state index in [0.29, 0.717) is 24.3 Å². The summed E-state index contributed by atoms with van der Waals surface area (Å²) in [5.41, 5.74) is -0.0776. The Morgan fingerprint density at radius 1 is 1.03 bits per heavy atom. The van der Waals surface area contributed by atoms with Gasteiger partial charge in [-0.3, -0.25) is 4.57 Å². The maximum atomic E-state index is 13.3. The number of rotatable bonds is 5. The van der Waals surface area contributed by atoms with Gasteiger partial charge in [0.05, 0.1) is 23.1 Å². The van der Waals surface area contributed by atoms with Crippen LogP contribution in [0, 0.1) is 0 Å². The number of hydrogen-bond donors (Lipinski definition) is 2. The molecule has 0 radical (unpaired) electrons. The van der Waals surface area contributed by atoms with Gasteiger partial charge >= 0.3 is 6.18 Å². The van der Waals surface area contributed by atoms with Crippen LogP contribution in [0.2, 0.25) is 0 Å². The minimum Gasteiger partial charge on any atom is -0.494 e. The molecular formula is C20H19BrF3NO4. The molecule has 2 bridgehead atoms. The van der Waals surface area contributed by atoms with E-state index < -0.39 is 29.4 Å². The molecule has 2 N–H and O–H groups in total. The Morgan fingerprint density at radius 3 is 2.00 bits per heavy atom. The molecule has 0 amide bonds. The molecule has 5 nitrogen and oxygen atoms in total. The van der Waals surface area contributed by atoms with E-state index in [1.54, 1.807) is 0 Å². The van der Waals surface area contributed by atoms with Gasteiger partial charge in [0.2, 0.25) is 11.8 Å². The fourth-order valence-electron chi connectivity index (χ4n) is 4.44. The van der Waals surface area contributed by atoms with E-state index in [4.69, 9.17) is 9.47 Å². The smallest absolute Gasteiger partial charge is 0.417 e. The van der Waals surface area contributed by atoms with Crippen LogP contribution in [-0.2, 0) is 15.7 Å². The number of fused-ring (bicyclic) bond motifs is 5. The molecule has 29 heavy (non-hydrogen) atoms. The van der Waals surface area contributed by atoms with Gasteiger partial charge in [-0.15, -0.1) is 0 Å². The van der Waals surface area contributed by atoms with Crippen molar-refractivity contribution in [1.29, 1.82) is 0 Å². The highest BCUT2D eigenvalue weighted by Crippen LogP contribution is 2.63. The van der Waals surface area contributed by atoms with Crippen LogP contribution in [0.15, 0.2) is 34.8 Å². The van der Waals surface area contributed by atoms with Gasteiger partial charge in [-0.05, 0) is 32.0 Å². The van der Waals surface area contributed by atoms with Gasteiger partial charge in [0, 0.05) is 28.8 Å². The summed E-state index contributed by atoms with van der Waals surface area (Å²) >= 11 is 2.90. The minimum absolute atomic E-state index is 0.00254. The third-order valence-electron chi connectivity index (χ3n) is 5.43. The first kappa shape index (κ1) is 20.3. The second-order valence-corrected chi connectivity index (χ2v) is 7.75. The number of hydrogen-bond acceptors (Lipinski definition) is 4. The summed E-state index contributed by atoms with van der Waals surface area (Å²) in [4.78, 5) is 0. The van der Waals surface area contributed by atoms with Crippen molar-refractivity contribution in [2.75, 3.05) is 13.2 Å². The minimum atomic E-state index is -4.59. The molecule has 0 aliphatic heterocycles. The lowest BCUT2D eigenvalue weighted by Crippen LogP contribution is -2.40. The third kappa shape index (κ3) is 2.74. The highest BCUT2D eigenvalue weighted by atomic mass is 79.9. The number of halogens is 4. The maximum absolute atomic E-state index is 13.3. The molecule has 2 aliphatic rings. The van der Waals surface area contributed by atoms with Crippen LogP contribution in [0.25, 0.3) is 5.69 Å². The van der Waals surface area contributed by atoms with Crippen molar-refractivity contribution in [3.8, 4) is 17.4 Å². The van der Waals surface area contributed by atoms with Crippen LogP contribution in [0.3, 0.4) is 0 Å². The zero-order chi connectivity index (χ0) is 21.1. The molecule has 4 rings (SSSR count). The first-order valence-corrected chi connectivity index (χ1v) is 9.96. The van der Waals surface area contributed by atoms with Crippen LogP contribution in [0.1, 0.15) is 42.4 Å². The fraction of sp³-hybridized carbons (Fsp3) is 0.400. The maximum Gasteiger partial charge on any atom is 0.417 e. The number of aromatic hydroxyl groups is 2. The Balaban J connectivity index is 1.86. The summed E-state index contributed by atoms with van der Waals surface area (Å²) in [5.74, 6) is -2.68. The highest BCUT2D eigenvalue weighted by molar-refractivity contribution is 9.10. The predicted octanol–water partition coefficient (Wildman–Crippen LogP) is 5.19. The largest absolute Gasteiger partial charge is 0.494 e. The molecule has 1 aromatic heterocycles. The van der Waals surface area contributed by atoms with Gasteiger partial charge in [0.15, 0.2) is 5.79 Å². The van der Waals surface area contributed by atoms with E-state index >= 15 is 0 Å². The standard InChI is InChI=1S/C20H19BrF3NO4/c1-3-28-19(29-4-2)11-6-7-12(19)16-15(11)17(26)25(18(16)27)10-5-8-14(21)13(9-10)20(22,23)24/h5-9,11-12,26-27H,3-4H2,1-2H3/t11-,12+. The van der Waals surface area contributed by atoms with Crippen LogP contribution in [0.5, 0.6) is 11.8 Å². The summed E-state index contributed by atoms with van der Waals surface area (Å²) < 4.78 is 52.7. The van der Waals surface area contributed by atoms with E-state index in [-0.39, 0.29) is 21.9 Å². The molecule has 156 valence electrons. The van der Waals surface area contributed by atoms with Crippen LogP contribution in [0.4, 0.5) is 13.2 Å². The van der Waals surface area contributed by atoms with E-state index in [1.165, 1.54) is 12.1 Å². The summed E-state index contributed by atoms with van der Waals surface area (Å²) in [6, 6.07) is 3.51. The number of alkyl halides is 3. The van der Waals surface area contributed by atoms with Crippen molar-refractivity contribution in [2.24, 2.45) is 0 Å². The molecule has 0 unspecified atom stereocenters. The lowest BCUT2D eigenvalue weighted by atomic mass is 10.00. The van der Waals surface area contributed by atoms with Gasteiger partial charge in [-0.2, -0.15) is 13.2 Å².